The molecule has 0 aromatic heterocycles. The monoisotopic (exact) mass is 270 g/mol. The topological polar surface area (TPSA) is 72.2 Å². The maximum absolute atomic E-state index is 13.0. The molecule has 0 saturated heterocycles. The first-order valence-electron chi connectivity index (χ1n) is 5.50. The number of amides is 1. The molecule has 0 aliphatic carbocycles. The van der Waals surface area contributed by atoms with Gasteiger partial charge in [0.1, 0.15) is 5.56 Å². The number of nitro groups is 1. The first-order chi connectivity index (χ1) is 8.97. The van der Waals surface area contributed by atoms with Crippen LogP contribution in [-0.4, -0.2) is 17.4 Å². The number of nitrogens with one attached hydrogen (secondary N) is 1. The Kier molecular flexibility index (Phi) is 5.11. The molecule has 0 aliphatic heterocycles. The Morgan fingerprint density at radius 3 is 2.63 bits per heavy atom. The first kappa shape index (κ1) is 14.7. The molecule has 0 atom stereocenters. The lowest BCUT2D eigenvalue weighted by atomic mass is 10.1. The lowest BCUT2D eigenvalue weighted by Crippen LogP contribution is -2.25. The molecule has 0 heterocycles. The second kappa shape index (κ2) is 6.58. The van der Waals surface area contributed by atoms with Gasteiger partial charge in [0.2, 0.25) is 0 Å². The van der Waals surface area contributed by atoms with Gasteiger partial charge in [0.25, 0.3) is 11.6 Å². The number of hydrogen-bond donors (Lipinski definition) is 1. The minimum Gasteiger partial charge on any atom is -0.352 e. The van der Waals surface area contributed by atoms with Crippen molar-refractivity contribution >= 4 is 11.6 Å². The molecule has 0 aliphatic rings. The fraction of sp³-hybridized carbons (Fsp3) is 0.250. The lowest BCUT2D eigenvalue weighted by Gasteiger charge is -2.05. The molecule has 0 saturated carbocycles. The van der Waals surface area contributed by atoms with Gasteiger partial charge in [0.05, 0.1) is 11.0 Å². The number of allylic oxidation sites excluding steroid dienone is 1. The zero-order chi connectivity index (χ0) is 14.4. The van der Waals surface area contributed by atoms with E-state index in [-0.39, 0.29) is 6.54 Å². The standard InChI is InChI=1S/C12H12F2N2O3/c1-2-3-4-5-15-12(17)8-6-9(13)10(14)7-11(8)16(18)19/h2-3,6-7H,4-5H2,1H3,(H,15,17)/b3-2+. The zero-order valence-corrected chi connectivity index (χ0v) is 10.2. The van der Waals surface area contributed by atoms with Crippen molar-refractivity contribution in [2.75, 3.05) is 6.54 Å². The van der Waals surface area contributed by atoms with Crippen LogP contribution in [0.4, 0.5) is 14.5 Å². The molecule has 19 heavy (non-hydrogen) atoms. The molecule has 5 nitrogen and oxygen atoms in total. The Morgan fingerprint density at radius 2 is 2.05 bits per heavy atom. The molecule has 102 valence electrons. The summed E-state index contributed by atoms with van der Waals surface area (Å²) in [4.78, 5) is 21.4. The molecule has 1 aromatic rings. The maximum atomic E-state index is 13.0. The lowest BCUT2D eigenvalue weighted by molar-refractivity contribution is -0.385. The van der Waals surface area contributed by atoms with Crippen molar-refractivity contribution in [3.8, 4) is 0 Å². The van der Waals surface area contributed by atoms with Gasteiger partial charge in [-0.1, -0.05) is 12.2 Å². The van der Waals surface area contributed by atoms with Crippen LogP contribution in [-0.2, 0) is 0 Å². The van der Waals surface area contributed by atoms with E-state index in [1.807, 2.05) is 6.92 Å². The fourth-order valence-electron chi connectivity index (χ4n) is 1.40. The summed E-state index contributed by atoms with van der Waals surface area (Å²) in [6.07, 6.45) is 4.12. The zero-order valence-electron chi connectivity index (χ0n) is 10.2. The van der Waals surface area contributed by atoms with Crippen LogP contribution in [0.25, 0.3) is 0 Å². The number of carbonyl (C=O) groups is 1. The Hall–Kier alpha value is -2.31. The fourth-order valence-corrected chi connectivity index (χ4v) is 1.40. The van der Waals surface area contributed by atoms with E-state index < -0.39 is 33.7 Å². The van der Waals surface area contributed by atoms with Gasteiger partial charge in [0, 0.05) is 6.54 Å². The predicted molar refractivity (Wildman–Crippen MR) is 64.8 cm³/mol. The summed E-state index contributed by atoms with van der Waals surface area (Å²) in [5, 5.41) is 13.1. The molecular weight excluding hydrogens is 258 g/mol. The molecule has 0 radical (unpaired) electrons. The highest BCUT2D eigenvalue weighted by Crippen LogP contribution is 2.22. The van der Waals surface area contributed by atoms with Crippen LogP contribution in [0.3, 0.4) is 0 Å². The van der Waals surface area contributed by atoms with Crippen molar-refractivity contribution in [3.05, 3.63) is 51.6 Å². The van der Waals surface area contributed by atoms with Gasteiger partial charge in [-0.3, -0.25) is 14.9 Å². The van der Waals surface area contributed by atoms with Crippen LogP contribution in [0.2, 0.25) is 0 Å². The van der Waals surface area contributed by atoms with Crippen LogP contribution < -0.4 is 5.32 Å². The van der Waals surface area contributed by atoms with Crippen LogP contribution in [0, 0.1) is 21.7 Å². The quantitative estimate of drug-likeness (QED) is 0.387. The molecule has 0 bridgehead atoms. The molecule has 1 rings (SSSR count). The molecule has 7 heteroatoms. The van der Waals surface area contributed by atoms with Crippen molar-refractivity contribution in [2.24, 2.45) is 0 Å². The number of halogens is 2. The summed E-state index contributed by atoms with van der Waals surface area (Å²) >= 11 is 0. The summed E-state index contributed by atoms with van der Waals surface area (Å²) in [5.41, 5.74) is -1.26. The Bertz CT molecular complexity index is 530. The Balaban J connectivity index is 2.95. The summed E-state index contributed by atoms with van der Waals surface area (Å²) in [7, 11) is 0. The summed E-state index contributed by atoms with van der Waals surface area (Å²) < 4.78 is 26.0. The van der Waals surface area contributed by atoms with E-state index >= 15 is 0 Å². The third-order valence-electron chi connectivity index (χ3n) is 2.31. The van der Waals surface area contributed by atoms with Crippen molar-refractivity contribution < 1.29 is 18.5 Å². The van der Waals surface area contributed by atoms with E-state index in [1.165, 1.54) is 0 Å². The largest absolute Gasteiger partial charge is 0.352 e. The van der Waals surface area contributed by atoms with Crippen molar-refractivity contribution in [2.45, 2.75) is 13.3 Å². The van der Waals surface area contributed by atoms with E-state index in [4.69, 9.17) is 0 Å². The van der Waals surface area contributed by atoms with Crippen LogP contribution in [0.15, 0.2) is 24.3 Å². The van der Waals surface area contributed by atoms with E-state index in [0.29, 0.717) is 18.6 Å². The molecular formula is C12H12F2N2O3. The van der Waals surface area contributed by atoms with Gasteiger partial charge >= 0.3 is 0 Å². The number of benzene rings is 1. The minimum atomic E-state index is -1.36. The van der Waals surface area contributed by atoms with Gasteiger partial charge in [0.15, 0.2) is 11.6 Å². The average molecular weight is 270 g/mol. The maximum Gasteiger partial charge on any atom is 0.285 e. The number of carbonyl (C=O) groups excluding carboxylic acids is 1. The van der Waals surface area contributed by atoms with Crippen LogP contribution >= 0.6 is 0 Å². The highest BCUT2D eigenvalue weighted by molar-refractivity contribution is 5.98. The van der Waals surface area contributed by atoms with Crippen molar-refractivity contribution in [1.29, 1.82) is 0 Å². The molecule has 0 unspecified atom stereocenters. The molecule has 0 spiro atoms. The van der Waals surface area contributed by atoms with E-state index in [2.05, 4.69) is 5.32 Å². The smallest absolute Gasteiger partial charge is 0.285 e. The normalized spacial score (nSPS) is 10.7. The number of nitrogens with zero attached hydrogens (tertiary/aromatic N) is 1. The highest BCUT2D eigenvalue weighted by atomic mass is 19.2. The predicted octanol–water partition coefficient (Wildman–Crippen LogP) is 2.57. The van der Waals surface area contributed by atoms with E-state index in [1.54, 1.807) is 12.2 Å². The second-order valence-corrected chi connectivity index (χ2v) is 3.65. The molecule has 0 fully saturated rings. The first-order valence-corrected chi connectivity index (χ1v) is 5.50. The van der Waals surface area contributed by atoms with Gasteiger partial charge in [-0.15, -0.1) is 0 Å². The van der Waals surface area contributed by atoms with Crippen molar-refractivity contribution in [3.63, 3.8) is 0 Å². The van der Waals surface area contributed by atoms with Crippen LogP contribution in [0.1, 0.15) is 23.7 Å². The number of hydrogen-bond acceptors (Lipinski definition) is 3. The van der Waals surface area contributed by atoms with E-state index in [0.717, 1.165) is 0 Å². The summed E-state index contributed by atoms with van der Waals surface area (Å²) in [6, 6.07) is 0.925. The third kappa shape index (κ3) is 3.84. The summed E-state index contributed by atoms with van der Waals surface area (Å²) in [6.45, 7) is 2.06. The number of rotatable bonds is 5. The van der Waals surface area contributed by atoms with Crippen molar-refractivity contribution in [1.82, 2.24) is 5.32 Å². The highest BCUT2D eigenvalue weighted by Gasteiger charge is 2.23. The molecule has 1 aromatic carbocycles. The van der Waals surface area contributed by atoms with E-state index in [9.17, 15) is 23.7 Å². The van der Waals surface area contributed by atoms with Crippen LogP contribution in [0.5, 0.6) is 0 Å². The molecule has 1 amide bonds. The average Bonchev–Trinajstić information content (AvgIpc) is 2.36. The third-order valence-corrected chi connectivity index (χ3v) is 2.31. The van der Waals surface area contributed by atoms with Gasteiger partial charge < -0.3 is 5.32 Å². The molecule has 1 N–H and O–H groups in total. The van der Waals surface area contributed by atoms with Gasteiger partial charge in [-0.05, 0) is 19.4 Å². The van der Waals surface area contributed by atoms with Gasteiger partial charge in [-0.25, -0.2) is 8.78 Å². The van der Waals surface area contributed by atoms with Gasteiger partial charge in [-0.2, -0.15) is 0 Å². The second-order valence-electron chi connectivity index (χ2n) is 3.65. The minimum absolute atomic E-state index is 0.249. The Labute approximate surface area is 108 Å². The number of nitro benzene ring substituents is 1. The summed E-state index contributed by atoms with van der Waals surface area (Å²) in [5.74, 6) is -3.48. The Morgan fingerprint density at radius 1 is 1.42 bits per heavy atom. The SMILES string of the molecule is C/C=C/CCNC(=O)c1cc(F)c(F)cc1[N+](=O)[O-].